The number of carbonyl (C=O) groups is 2. The number of aliphatic carboxylic acids is 1. The first-order valence-corrected chi connectivity index (χ1v) is 9.64. The number of allylic oxidation sites excluding steroid dienone is 1. The molecule has 0 atom stereocenters. The van der Waals surface area contributed by atoms with Crippen molar-refractivity contribution in [3.05, 3.63) is 84.2 Å². The highest BCUT2D eigenvalue weighted by Crippen LogP contribution is 2.30. The van der Waals surface area contributed by atoms with Gasteiger partial charge in [0.15, 0.2) is 12.4 Å². The number of amides is 1. The van der Waals surface area contributed by atoms with Crippen molar-refractivity contribution < 1.29 is 37.3 Å². The van der Waals surface area contributed by atoms with Crippen LogP contribution in [0.25, 0.3) is 6.08 Å². The van der Waals surface area contributed by atoms with Crippen LogP contribution in [0.3, 0.4) is 0 Å². The number of rotatable bonds is 9. The van der Waals surface area contributed by atoms with E-state index in [9.17, 15) is 22.8 Å². The minimum absolute atomic E-state index is 0.110. The van der Waals surface area contributed by atoms with Crippen molar-refractivity contribution in [2.24, 2.45) is 0 Å². The van der Waals surface area contributed by atoms with Crippen LogP contribution in [0.1, 0.15) is 16.1 Å². The van der Waals surface area contributed by atoms with Gasteiger partial charge in [0, 0.05) is 12.7 Å². The highest BCUT2D eigenvalue weighted by Gasteiger charge is 2.32. The molecular formula is C23H19F3N2O5. The van der Waals surface area contributed by atoms with Gasteiger partial charge in [-0.15, -0.1) is 13.2 Å². The Hall–Kier alpha value is -4.21. The highest BCUT2D eigenvalue weighted by molar-refractivity contribution is 6.04. The lowest BCUT2D eigenvalue weighted by Crippen LogP contribution is -2.20. The molecule has 33 heavy (non-hydrogen) atoms. The lowest BCUT2D eigenvalue weighted by atomic mass is 10.2. The highest BCUT2D eigenvalue weighted by atomic mass is 19.4. The molecule has 1 heterocycles. The monoisotopic (exact) mass is 460 g/mol. The Morgan fingerprint density at radius 3 is 2.61 bits per heavy atom. The summed E-state index contributed by atoms with van der Waals surface area (Å²) in [5, 5.41) is 11.1. The number of carbonyl (C=O) groups excluding carboxylic acids is 1. The second-order valence-corrected chi connectivity index (χ2v) is 6.70. The first-order chi connectivity index (χ1) is 15.7. The van der Waals surface area contributed by atoms with E-state index in [0.29, 0.717) is 12.3 Å². The molecule has 10 heteroatoms. The van der Waals surface area contributed by atoms with Crippen LogP contribution < -0.4 is 14.8 Å². The zero-order valence-corrected chi connectivity index (χ0v) is 17.1. The summed E-state index contributed by atoms with van der Waals surface area (Å²) in [6, 6.07) is 15.3. The fraction of sp³-hybridized carbons (Fsp3) is 0.130. The minimum Gasteiger partial charge on any atom is -0.482 e. The predicted octanol–water partition coefficient (Wildman–Crippen LogP) is 4.82. The van der Waals surface area contributed by atoms with E-state index in [1.54, 1.807) is 53.2 Å². The normalized spacial score (nSPS) is 11.4. The van der Waals surface area contributed by atoms with E-state index >= 15 is 0 Å². The van der Waals surface area contributed by atoms with E-state index in [4.69, 9.17) is 9.84 Å². The van der Waals surface area contributed by atoms with Crippen molar-refractivity contribution in [2.75, 3.05) is 11.9 Å². The number of nitrogens with zero attached hydrogens (tertiary/aromatic N) is 1. The molecule has 0 radical (unpaired) electrons. The van der Waals surface area contributed by atoms with Gasteiger partial charge in [-0.25, -0.2) is 4.79 Å². The van der Waals surface area contributed by atoms with Gasteiger partial charge in [-0.2, -0.15) is 0 Å². The van der Waals surface area contributed by atoms with Gasteiger partial charge >= 0.3 is 12.3 Å². The number of carboxylic acid groups (broad SMARTS) is 1. The van der Waals surface area contributed by atoms with E-state index in [0.717, 1.165) is 11.6 Å². The molecule has 1 aromatic heterocycles. The molecule has 0 saturated carbocycles. The summed E-state index contributed by atoms with van der Waals surface area (Å²) in [5.41, 5.74) is 0.885. The first kappa shape index (κ1) is 23.5. The second kappa shape index (κ2) is 10.4. The summed E-state index contributed by atoms with van der Waals surface area (Å²) in [7, 11) is 0. The van der Waals surface area contributed by atoms with Crippen LogP contribution in [0, 0.1) is 0 Å². The number of carboxylic acids is 1. The molecule has 0 bridgehead atoms. The second-order valence-electron chi connectivity index (χ2n) is 6.70. The average molecular weight is 460 g/mol. The topological polar surface area (TPSA) is 89.8 Å². The molecule has 3 aromatic rings. The number of halogens is 3. The van der Waals surface area contributed by atoms with Crippen LogP contribution in [-0.4, -0.2) is 34.5 Å². The van der Waals surface area contributed by atoms with Gasteiger partial charge in [0.2, 0.25) is 0 Å². The molecule has 0 saturated heterocycles. The Kier molecular flexibility index (Phi) is 7.39. The summed E-state index contributed by atoms with van der Waals surface area (Å²) in [4.78, 5) is 23.3. The molecule has 0 aliphatic heterocycles. The summed E-state index contributed by atoms with van der Waals surface area (Å²) in [5.74, 6) is -1.79. The number of benzene rings is 2. The Bertz CT molecular complexity index is 1150. The molecule has 2 aromatic carbocycles. The number of para-hydroxylation sites is 2. The van der Waals surface area contributed by atoms with Crippen molar-refractivity contribution >= 4 is 23.6 Å². The van der Waals surface area contributed by atoms with E-state index in [1.165, 1.54) is 24.3 Å². The van der Waals surface area contributed by atoms with Crippen molar-refractivity contribution in [1.29, 1.82) is 0 Å². The van der Waals surface area contributed by atoms with Crippen LogP contribution in [0.5, 0.6) is 11.5 Å². The number of hydrogen-bond donors (Lipinski definition) is 2. The van der Waals surface area contributed by atoms with Crippen LogP contribution >= 0.6 is 0 Å². The number of aromatic nitrogens is 1. The molecule has 172 valence electrons. The molecule has 0 fully saturated rings. The molecule has 0 unspecified atom stereocenters. The van der Waals surface area contributed by atoms with Gasteiger partial charge in [-0.3, -0.25) is 4.79 Å². The van der Waals surface area contributed by atoms with E-state index in [-0.39, 0.29) is 11.4 Å². The van der Waals surface area contributed by atoms with E-state index in [1.807, 2.05) is 0 Å². The Balaban J connectivity index is 1.67. The maximum absolute atomic E-state index is 12.7. The minimum atomic E-state index is -4.89. The smallest absolute Gasteiger partial charge is 0.482 e. The lowest BCUT2D eigenvalue weighted by molar-refractivity contribution is -0.274. The zero-order valence-electron chi connectivity index (χ0n) is 17.1. The third-order valence-corrected chi connectivity index (χ3v) is 4.26. The van der Waals surface area contributed by atoms with E-state index in [2.05, 4.69) is 10.1 Å². The summed E-state index contributed by atoms with van der Waals surface area (Å²) >= 11 is 0. The van der Waals surface area contributed by atoms with Crippen LogP contribution in [0.4, 0.5) is 18.9 Å². The number of anilines is 1. The Morgan fingerprint density at radius 2 is 1.85 bits per heavy atom. The van der Waals surface area contributed by atoms with Gasteiger partial charge < -0.3 is 24.5 Å². The maximum atomic E-state index is 12.7. The molecule has 2 N–H and O–H groups in total. The fourth-order valence-electron chi connectivity index (χ4n) is 2.90. The maximum Gasteiger partial charge on any atom is 0.573 e. The third-order valence-electron chi connectivity index (χ3n) is 4.26. The number of nitrogens with one attached hydrogen (secondary N) is 1. The standard InChI is InChI=1S/C23H19F3N2O5/c24-23(25,26)33-20-11-2-1-9-18(20)27-22(31)19-10-5-13-28(19)12-4-7-16-6-3-8-17(14-16)32-15-21(29)30/h1-11,13-14H,12,15H2,(H,27,31)(H,29,30)/b7-4+. The Labute approximate surface area is 186 Å². The summed E-state index contributed by atoms with van der Waals surface area (Å²) in [6.45, 7) is -0.150. The molecule has 3 rings (SSSR count). The van der Waals surface area contributed by atoms with Crippen molar-refractivity contribution in [2.45, 2.75) is 12.9 Å². The molecule has 0 aliphatic rings. The zero-order chi connectivity index (χ0) is 23.8. The van der Waals surface area contributed by atoms with Gasteiger partial charge in [0.05, 0.1) is 5.69 Å². The van der Waals surface area contributed by atoms with Crippen LogP contribution in [0.15, 0.2) is 72.9 Å². The quantitative estimate of drug-likeness (QED) is 0.478. The van der Waals surface area contributed by atoms with Crippen molar-refractivity contribution in [1.82, 2.24) is 4.57 Å². The predicted molar refractivity (Wildman–Crippen MR) is 114 cm³/mol. The fourth-order valence-corrected chi connectivity index (χ4v) is 2.90. The van der Waals surface area contributed by atoms with Crippen LogP contribution in [-0.2, 0) is 11.3 Å². The molecular weight excluding hydrogens is 441 g/mol. The molecule has 0 aliphatic carbocycles. The first-order valence-electron chi connectivity index (χ1n) is 9.64. The number of alkyl halides is 3. The van der Waals surface area contributed by atoms with Gasteiger partial charge in [-0.1, -0.05) is 36.4 Å². The molecule has 7 nitrogen and oxygen atoms in total. The number of hydrogen-bond acceptors (Lipinski definition) is 4. The SMILES string of the molecule is O=C(O)COc1cccc(/C=C/Cn2cccc2C(=O)Nc2ccccc2OC(F)(F)F)c1. The van der Waals surface area contributed by atoms with Crippen molar-refractivity contribution in [3.63, 3.8) is 0 Å². The van der Waals surface area contributed by atoms with Crippen molar-refractivity contribution in [3.8, 4) is 11.5 Å². The van der Waals surface area contributed by atoms with Gasteiger partial charge in [0.1, 0.15) is 11.4 Å². The van der Waals surface area contributed by atoms with Gasteiger partial charge in [-0.05, 0) is 42.0 Å². The molecule has 0 spiro atoms. The third kappa shape index (κ3) is 7.17. The average Bonchev–Trinajstić information content (AvgIpc) is 3.22. The summed E-state index contributed by atoms with van der Waals surface area (Å²) in [6.07, 6.45) is 0.307. The Morgan fingerprint density at radius 1 is 1.06 bits per heavy atom. The number of ether oxygens (including phenoxy) is 2. The molecule has 1 amide bonds. The lowest BCUT2D eigenvalue weighted by Gasteiger charge is -2.14. The van der Waals surface area contributed by atoms with Crippen LogP contribution in [0.2, 0.25) is 0 Å². The van der Waals surface area contributed by atoms with E-state index < -0.39 is 30.6 Å². The summed E-state index contributed by atoms with van der Waals surface area (Å²) < 4.78 is 48.5. The van der Waals surface area contributed by atoms with Gasteiger partial charge in [0.25, 0.3) is 5.91 Å². The largest absolute Gasteiger partial charge is 0.573 e.